The highest BCUT2D eigenvalue weighted by Crippen LogP contribution is 2.18. The number of likely N-dealkylation sites (tertiary alicyclic amines) is 1. The normalized spacial score (nSPS) is 22.4. The molecule has 5 heteroatoms. The molecule has 12 heavy (non-hydrogen) atoms. The van der Waals surface area contributed by atoms with Crippen LogP contribution in [0.15, 0.2) is 0 Å². The molecule has 0 bridgehead atoms. The van der Waals surface area contributed by atoms with E-state index in [0.29, 0.717) is 13.0 Å². The summed E-state index contributed by atoms with van der Waals surface area (Å²) in [7, 11) is 1.39. The minimum absolute atomic E-state index is 0.0369. The number of methoxy groups -OCH3 is 1. The van der Waals surface area contributed by atoms with E-state index in [4.69, 9.17) is 15.3 Å². The van der Waals surface area contributed by atoms with Gasteiger partial charge in [-0.05, 0) is 12.8 Å². The number of nitrogens with zero attached hydrogens (tertiary/aromatic N) is 1. The summed E-state index contributed by atoms with van der Waals surface area (Å²) in [5.74, 6) is 0.0369. The first-order chi connectivity index (χ1) is 5.66. The van der Waals surface area contributed by atoms with Gasteiger partial charge in [-0.2, -0.15) is 0 Å². The van der Waals surface area contributed by atoms with Crippen LogP contribution in [0.3, 0.4) is 0 Å². The molecule has 5 nitrogen and oxygen atoms in total. The van der Waals surface area contributed by atoms with Crippen molar-refractivity contribution in [3.63, 3.8) is 0 Å². The van der Waals surface area contributed by atoms with Crippen molar-refractivity contribution >= 4 is 12.0 Å². The number of carboxylic acid groups (broad SMARTS) is 1. The number of hydrogen-bond donors (Lipinski definition) is 2. The fourth-order valence-corrected chi connectivity index (χ4v) is 1.40. The maximum atomic E-state index is 10.6. The SMILES string of the molecule is COC(=N)C1CCCN1C(=O)O. The number of hydrogen-bond acceptors (Lipinski definition) is 3. The van der Waals surface area contributed by atoms with Crippen LogP contribution in [0.5, 0.6) is 0 Å². The number of amides is 1. The molecule has 1 rings (SSSR count). The topological polar surface area (TPSA) is 73.6 Å². The van der Waals surface area contributed by atoms with Crippen LogP contribution in [-0.2, 0) is 4.74 Å². The summed E-state index contributed by atoms with van der Waals surface area (Å²) in [5, 5.41) is 16.0. The van der Waals surface area contributed by atoms with E-state index in [1.54, 1.807) is 0 Å². The average molecular weight is 172 g/mol. The largest absolute Gasteiger partial charge is 0.483 e. The molecule has 1 amide bonds. The van der Waals surface area contributed by atoms with Crippen LogP contribution >= 0.6 is 0 Å². The number of carbonyl (C=O) groups is 1. The second-order valence-corrected chi connectivity index (χ2v) is 2.70. The lowest BCUT2D eigenvalue weighted by Crippen LogP contribution is -2.39. The first-order valence-corrected chi connectivity index (χ1v) is 3.79. The van der Waals surface area contributed by atoms with Crippen molar-refractivity contribution < 1.29 is 14.6 Å². The Balaban J connectivity index is 2.63. The summed E-state index contributed by atoms with van der Waals surface area (Å²) in [6.07, 6.45) is 0.529. The highest BCUT2D eigenvalue weighted by molar-refractivity contribution is 5.83. The molecule has 0 aromatic carbocycles. The molecule has 1 fully saturated rings. The second kappa shape index (κ2) is 3.42. The van der Waals surface area contributed by atoms with E-state index in [-0.39, 0.29) is 11.9 Å². The van der Waals surface area contributed by atoms with Crippen LogP contribution in [0.4, 0.5) is 4.79 Å². The van der Waals surface area contributed by atoms with Crippen LogP contribution < -0.4 is 0 Å². The van der Waals surface area contributed by atoms with E-state index in [1.807, 2.05) is 0 Å². The first-order valence-electron chi connectivity index (χ1n) is 3.79. The van der Waals surface area contributed by atoms with E-state index < -0.39 is 6.09 Å². The Morgan fingerprint density at radius 2 is 2.42 bits per heavy atom. The zero-order valence-corrected chi connectivity index (χ0v) is 6.91. The predicted molar refractivity (Wildman–Crippen MR) is 42.5 cm³/mol. The minimum Gasteiger partial charge on any atom is -0.483 e. The lowest BCUT2D eigenvalue weighted by atomic mass is 10.2. The van der Waals surface area contributed by atoms with Gasteiger partial charge in [-0.3, -0.25) is 10.3 Å². The van der Waals surface area contributed by atoms with Crippen molar-refractivity contribution in [3.05, 3.63) is 0 Å². The van der Waals surface area contributed by atoms with Crippen molar-refractivity contribution in [1.29, 1.82) is 5.41 Å². The Labute approximate surface area is 70.4 Å². The van der Waals surface area contributed by atoms with Crippen molar-refractivity contribution in [2.75, 3.05) is 13.7 Å². The third-order valence-electron chi connectivity index (χ3n) is 2.02. The second-order valence-electron chi connectivity index (χ2n) is 2.70. The Morgan fingerprint density at radius 1 is 1.75 bits per heavy atom. The predicted octanol–water partition coefficient (Wildman–Crippen LogP) is 0.752. The number of rotatable bonds is 1. The molecule has 0 aromatic rings. The average Bonchev–Trinajstić information content (AvgIpc) is 2.50. The monoisotopic (exact) mass is 172 g/mol. The van der Waals surface area contributed by atoms with Crippen molar-refractivity contribution in [2.24, 2.45) is 0 Å². The van der Waals surface area contributed by atoms with Gasteiger partial charge in [0.1, 0.15) is 6.04 Å². The lowest BCUT2D eigenvalue weighted by Gasteiger charge is -2.20. The van der Waals surface area contributed by atoms with E-state index in [1.165, 1.54) is 12.0 Å². The smallest absolute Gasteiger partial charge is 0.407 e. The van der Waals surface area contributed by atoms with E-state index in [9.17, 15) is 4.79 Å². The van der Waals surface area contributed by atoms with Crippen molar-refractivity contribution in [2.45, 2.75) is 18.9 Å². The van der Waals surface area contributed by atoms with Gasteiger partial charge in [0, 0.05) is 6.54 Å². The lowest BCUT2D eigenvalue weighted by molar-refractivity contribution is 0.145. The van der Waals surface area contributed by atoms with Gasteiger partial charge < -0.3 is 9.84 Å². The van der Waals surface area contributed by atoms with Gasteiger partial charge in [-0.15, -0.1) is 0 Å². The summed E-state index contributed by atoms with van der Waals surface area (Å²) in [6, 6.07) is -0.368. The molecule has 0 radical (unpaired) electrons. The molecule has 68 valence electrons. The van der Waals surface area contributed by atoms with Crippen LogP contribution in [0.2, 0.25) is 0 Å². The van der Waals surface area contributed by atoms with Gasteiger partial charge in [0.25, 0.3) is 0 Å². The maximum Gasteiger partial charge on any atom is 0.407 e. The Bertz CT molecular complexity index is 205. The highest BCUT2D eigenvalue weighted by atomic mass is 16.5. The van der Waals surface area contributed by atoms with Gasteiger partial charge in [-0.1, -0.05) is 0 Å². The fourth-order valence-electron chi connectivity index (χ4n) is 1.40. The molecule has 1 heterocycles. The standard InChI is InChI=1S/C7H12N2O3/c1-12-6(8)5-3-2-4-9(5)7(10)11/h5,8H,2-4H2,1H3,(H,10,11). The molecule has 0 saturated carbocycles. The van der Waals surface area contributed by atoms with Gasteiger partial charge >= 0.3 is 6.09 Å². The molecule has 1 aliphatic rings. The van der Waals surface area contributed by atoms with Gasteiger partial charge in [0.15, 0.2) is 0 Å². The third kappa shape index (κ3) is 1.49. The minimum atomic E-state index is -0.973. The maximum absolute atomic E-state index is 10.6. The fraction of sp³-hybridized carbons (Fsp3) is 0.714. The number of nitrogens with one attached hydrogen (secondary N) is 1. The molecule has 0 aliphatic carbocycles. The third-order valence-corrected chi connectivity index (χ3v) is 2.02. The molecule has 0 aromatic heterocycles. The molecule has 1 atom stereocenters. The van der Waals surface area contributed by atoms with Gasteiger partial charge in [-0.25, -0.2) is 4.79 Å². The molecule has 1 saturated heterocycles. The summed E-state index contributed by atoms with van der Waals surface area (Å²) in [5.41, 5.74) is 0. The van der Waals surface area contributed by atoms with Crippen molar-refractivity contribution in [3.8, 4) is 0 Å². The Hall–Kier alpha value is -1.26. The summed E-state index contributed by atoms with van der Waals surface area (Å²) < 4.78 is 4.69. The van der Waals surface area contributed by atoms with Crippen LogP contribution in [0, 0.1) is 5.41 Å². The zero-order valence-electron chi connectivity index (χ0n) is 6.91. The van der Waals surface area contributed by atoms with Gasteiger partial charge in [0.2, 0.25) is 5.90 Å². The van der Waals surface area contributed by atoms with Crippen LogP contribution in [0.1, 0.15) is 12.8 Å². The first kappa shape index (κ1) is 8.83. The van der Waals surface area contributed by atoms with E-state index in [2.05, 4.69) is 0 Å². The quantitative estimate of drug-likeness (QED) is 0.452. The Morgan fingerprint density at radius 3 is 2.92 bits per heavy atom. The summed E-state index contributed by atoms with van der Waals surface area (Å²) >= 11 is 0. The summed E-state index contributed by atoms with van der Waals surface area (Å²) in [4.78, 5) is 11.8. The molecule has 1 aliphatic heterocycles. The summed E-state index contributed by atoms with van der Waals surface area (Å²) in [6.45, 7) is 0.506. The van der Waals surface area contributed by atoms with E-state index in [0.717, 1.165) is 6.42 Å². The van der Waals surface area contributed by atoms with E-state index >= 15 is 0 Å². The zero-order chi connectivity index (χ0) is 9.14. The molecule has 1 unspecified atom stereocenters. The molecule has 0 spiro atoms. The van der Waals surface area contributed by atoms with Crippen LogP contribution in [0.25, 0.3) is 0 Å². The van der Waals surface area contributed by atoms with Crippen molar-refractivity contribution in [1.82, 2.24) is 4.90 Å². The molecular formula is C7H12N2O3. The van der Waals surface area contributed by atoms with Crippen LogP contribution in [-0.4, -0.2) is 41.7 Å². The highest BCUT2D eigenvalue weighted by Gasteiger charge is 2.32. The molecular weight excluding hydrogens is 160 g/mol. The molecule has 2 N–H and O–H groups in total. The Kier molecular flexibility index (Phi) is 2.52. The van der Waals surface area contributed by atoms with Gasteiger partial charge in [0.05, 0.1) is 7.11 Å². The number of ether oxygens (including phenoxy) is 1.